The third kappa shape index (κ3) is 3.63. The summed E-state index contributed by atoms with van der Waals surface area (Å²) in [4.78, 5) is 6.44. The SMILES string of the molecule is CC(c1cccc(Cl)c1)N(C)Cc1nc(N)ccc1Cl. The highest BCUT2D eigenvalue weighted by atomic mass is 35.5. The topological polar surface area (TPSA) is 42.2 Å². The number of nitrogens with zero attached hydrogens (tertiary/aromatic N) is 2. The second-order valence-corrected chi connectivity index (χ2v) is 5.65. The molecule has 1 atom stereocenters. The molecule has 0 radical (unpaired) electrons. The van der Waals surface area contributed by atoms with Crippen molar-refractivity contribution in [3.05, 3.63) is 57.7 Å². The van der Waals surface area contributed by atoms with Gasteiger partial charge in [0.05, 0.1) is 10.7 Å². The van der Waals surface area contributed by atoms with Gasteiger partial charge in [0.25, 0.3) is 0 Å². The number of aromatic nitrogens is 1. The van der Waals surface area contributed by atoms with E-state index in [0.29, 0.717) is 17.4 Å². The van der Waals surface area contributed by atoms with Crippen molar-refractivity contribution in [2.75, 3.05) is 12.8 Å². The summed E-state index contributed by atoms with van der Waals surface area (Å²) in [6.45, 7) is 2.74. The summed E-state index contributed by atoms with van der Waals surface area (Å²) >= 11 is 12.2. The van der Waals surface area contributed by atoms with Crippen molar-refractivity contribution in [3.63, 3.8) is 0 Å². The smallest absolute Gasteiger partial charge is 0.123 e. The van der Waals surface area contributed by atoms with Gasteiger partial charge in [0.15, 0.2) is 0 Å². The van der Waals surface area contributed by atoms with E-state index >= 15 is 0 Å². The van der Waals surface area contributed by atoms with Gasteiger partial charge in [-0.15, -0.1) is 0 Å². The van der Waals surface area contributed by atoms with E-state index < -0.39 is 0 Å². The molecule has 0 saturated heterocycles. The number of hydrogen-bond donors (Lipinski definition) is 1. The Morgan fingerprint density at radius 2 is 2.00 bits per heavy atom. The zero-order valence-corrected chi connectivity index (χ0v) is 13.0. The Morgan fingerprint density at radius 1 is 1.25 bits per heavy atom. The van der Waals surface area contributed by atoms with E-state index in [4.69, 9.17) is 28.9 Å². The first-order chi connectivity index (χ1) is 9.47. The van der Waals surface area contributed by atoms with Gasteiger partial charge >= 0.3 is 0 Å². The maximum Gasteiger partial charge on any atom is 0.123 e. The van der Waals surface area contributed by atoms with Crippen LogP contribution in [-0.2, 0) is 6.54 Å². The molecule has 0 aliphatic rings. The monoisotopic (exact) mass is 309 g/mol. The summed E-state index contributed by atoms with van der Waals surface area (Å²) in [5.74, 6) is 0.480. The molecule has 1 unspecified atom stereocenters. The number of rotatable bonds is 4. The van der Waals surface area contributed by atoms with Crippen LogP contribution in [0, 0.1) is 0 Å². The first kappa shape index (κ1) is 15.1. The maximum absolute atomic E-state index is 6.15. The van der Waals surface area contributed by atoms with Gasteiger partial charge < -0.3 is 5.73 Å². The average molecular weight is 310 g/mol. The number of halogens is 2. The molecule has 5 heteroatoms. The van der Waals surface area contributed by atoms with E-state index in [1.165, 1.54) is 0 Å². The molecule has 2 rings (SSSR count). The van der Waals surface area contributed by atoms with Crippen molar-refractivity contribution >= 4 is 29.0 Å². The van der Waals surface area contributed by atoms with Crippen LogP contribution in [-0.4, -0.2) is 16.9 Å². The molecule has 1 aromatic carbocycles. The van der Waals surface area contributed by atoms with Crippen LogP contribution in [0.15, 0.2) is 36.4 Å². The predicted molar refractivity (Wildman–Crippen MR) is 85.0 cm³/mol. The zero-order chi connectivity index (χ0) is 14.7. The molecule has 20 heavy (non-hydrogen) atoms. The average Bonchev–Trinajstić information content (AvgIpc) is 2.42. The third-order valence-corrected chi connectivity index (χ3v) is 3.91. The quantitative estimate of drug-likeness (QED) is 0.922. The molecule has 1 aromatic heterocycles. The van der Waals surface area contributed by atoms with Crippen LogP contribution in [0.2, 0.25) is 10.0 Å². The van der Waals surface area contributed by atoms with Gasteiger partial charge in [-0.05, 0) is 43.8 Å². The maximum atomic E-state index is 6.15. The molecule has 3 nitrogen and oxygen atoms in total. The van der Waals surface area contributed by atoms with Crippen LogP contribution in [0.5, 0.6) is 0 Å². The summed E-state index contributed by atoms with van der Waals surface area (Å²) in [6.07, 6.45) is 0. The molecule has 0 bridgehead atoms. The largest absolute Gasteiger partial charge is 0.384 e. The fraction of sp³-hybridized carbons (Fsp3) is 0.267. The van der Waals surface area contributed by atoms with Crippen molar-refractivity contribution in [1.29, 1.82) is 0 Å². The van der Waals surface area contributed by atoms with E-state index in [9.17, 15) is 0 Å². The number of nitrogens with two attached hydrogens (primary N) is 1. The van der Waals surface area contributed by atoms with Crippen molar-refractivity contribution in [3.8, 4) is 0 Å². The highest BCUT2D eigenvalue weighted by Gasteiger charge is 2.14. The van der Waals surface area contributed by atoms with E-state index in [1.807, 2.05) is 25.2 Å². The van der Waals surface area contributed by atoms with Crippen LogP contribution in [0.4, 0.5) is 5.82 Å². The summed E-state index contributed by atoms with van der Waals surface area (Å²) in [5.41, 5.74) is 7.64. The highest BCUT2D eigenvalue weighted by Crippen LogP contribution is 2.25. The fourth-order valence-corrected chi connectivity index (χ4v) is 2.37. The molecular formula is C15H17Cl2N3. The fourth-order valence-electron chi connectivity index (χ4n) is 2.01. The van der Waals surface area contributed by atoms with Gasteiger partial charge in [0.1, 0.15) is 5.82 Å². The summed E-state index contributed by atoms with van der Waals surface area (Å²) < 4.78 is 0. The first-order valence-electron chi connectivity index (χ1n) is 6.34. The number of pyridine rings is 1. The highest BCUT2D eigenvalue weighted by molar-refractivity contribution is 6.31. The van der Waals surface area contributed by atoms with Gasteiger partial charge in [-0.3, -0.25) is 4.90 Å². The molecule has 0 aliphatic heterocycles. The number of benzene rings is 1. The number of nitrogen functional groups attached to an aromatic ring is 1. The Balaban J connectivity index is 2.15. The molecular weight excluding hydrogens is 293 g/mol. The summed E-state index contributed by atoms with van der Waals surface area (Å²) in [5, 5.41) is 1.37. The minimum absolute atomic E-state index is 0.202. The summed E-state index contributed by atoms with van der Waals surface area (Å²) in [7, 11) is 2.02. The van der Waals surface area contributed by atoms with Gasteiger partial charge in [-0.1, -0.05) is 35.3 Å². The van der Waals surface area contributed by atoms with E-state index in [0.717, 1.165) is 16.3 Å². The minimum Gasteiger partial charge on any atom is -0.384 e. The predicted octanol–water partition coefficient (Wildman–Crippen LogP) is 4.16. The van der Waals surface area contributed by atoms with Crippen molar-refractivity contribution in [1.82, 2.24) is 9.88 Å². The van der Waals surface area contributed by atoms with Crippen LogP contribution >= 0.6 is 23.2 Å². The third-order valence-electron chi connectivity index (χ3n) is 3.33. The molecule has 2 aromatic rings. The Bertz CT molecular complexity index is 601. The van der Waals surface area contributed by atoms with Crippen LogP contribution in [0.3, 0.4) is 0 Å². The molecule has 2 N–H and O–H groups in total. The lowest BCUT2D eigenvalue weighted by atomic mass is 10.1. The number of hydrogen-bond acceptors (Lipinski definition) is 3. The van der Waals surface area contributed by atoms with E-state index in [2.05, 4.69) is 22.9 Å². The van der Waals surface area contributed by atoms with E-state index in [1.54, 1.807) is 12.1 Å². The molecule has 0 fully saturated rings. The Kier molecular flexibility index (Phi) is 4.86. The molecule has 1 heterocycles. The van der Waals surface area contributed by atoms with Crippen molar-refractivity contribution in [2.24, 2.45) is 0 Å². The second-order valence-electron chi connectivity index (χ2n) is 4.81. The van der Waals surface area contributed by atoms with Gasteiger partial charge in [-0.25, -0.2) is 4.98 Å². The van der Waals surface area contributed by atoms with Crippen LogP contribution in [0.25, 0.3) is 0 Å². The summed E-state index contributed by atoms with van der Waals surface area (Å²) in [6, 6.07) is 11.5. The first-order valence-corrected chi connectivity index (χ1v) is 7.09. The van der Waals surface area contributed by atoms with Crippen LogP contribution < -0.4 is 5.73 Å². The normalized spacial score (nSPS) is 12.7. The van der Waals surface area contributed by atoms with Crippen molar-refractivity contribution in [2.45, 2.75) is 19.5 Å². The lowest BCUT2D eigenvalue weighted by molar-refractivity contribution is 0.250. The van der Waals surface area contributed by atoms with Crippen molar-refractivity contribution < 1.29 is 0 Å². The second kappa shape index (κ2) is 6.44. The zero-order valence-electron chi connectivity index (χ0n) is 11.5. The van der Waals surface area contributed by atoms with E-state index in [-0.39, 0.29) is 6.04 Å². The Hall–Kier alpha value is -1.29. The Labute approximate surface area is 129 Å². The lowest BCUT2D eigenvalue weighted by Crippen LogP contribution is -2.22. The molecule has 0 saturated carbocycles. The van der Waals surface area contributed by atoms with Gasteiger partial charge in [0, 0.05) is 17.6 Å². The van der Waals surface area contributed by atoms with Gasteiger partial charge in [-0.2, -0.15) is 0 Å². The standard InChI is InChI=1S/C15H17Cl2N3/c1-10(11-4-3-5-12(16)8-11)20(2)9-14-13(17)6-7-15(18)19-14/h3-8,10H,9H2,1-2H3,(H2,18,19). The van der Waals surface area contributed by atoms with Gasteiger partial charge in [0.2, 0.25) is 0 Å². The molecule has 0 aliphatic carbocycles. The van der Waals surface area contributed by atoms with Crippen LogP contribution in [0.1, 0.15) is 24.2 Å². The molecule has 106 valence electrons. The Morgan fingerprint density at radius 3 is 2.70 bits per heavy atom. The molecule has 0 spiro atoms. The molecule has 0 amide bonds. The number of anilines is 1. The minimum atomic E-state index is 0.202. The lowest BCUT2D eigenvalue weighted by Gasteiger charge is -2.25.